The number of benzene rings is 1. The van der Waals surface area contributed by atoms with Crippen LogP contribution < -0.4 is 5.32 Å². The molecule has 0 bridgehead atoms. The predicted octanol–water partition coefficient (Wildman–Crippen LogP) is 3.12. The van der Waals surface area contributed by atoms with E-state index in [9.17, 15) is 9.59 Å². The van der Waals surface area contributed by atoms with Crippen molar-refractivity contribution in [1.82, 2.24) is 4.90 Å². The third-order valence-corrected chi connectivity index (χ3v) is 3.05. The fourth-order valence-electron chi connectivity index (χ4n) is 1.79. The maximum absolute atomic E-state index is 12.0. The number of nitrogens with one attached hydrogen (secondary N) is 1. The van der Waals surface area contributed by atoms with Crippen molar-refractivity contribution in [2.75, 3.05) is 18.9 Å². The fourth-order valence-corrected chi connectivity index (χ4v) is 1.79. The summed E-state index contributed by atoms with van der Waals surface area (Å²) in [4.78, 5) is 24.6. The van der Waals surface area contributed by atoms with Crippen LogP contribution in [0.5, 0.6) is 0 Å². The minimum Gasteiger partial charge on any atom is -0.478 e. The number of allylic oxidation sites excluding steroid dienone is 1. The molecule has 5 heteroatoms. The van der Waals surface area contributed by atoms with E-state index in [0.717, 1.165) is 12.8 Å². The van der Waals surface area contributed by atoms with Gasteiger partial charge in [0.25, 0.3) is 0 Å². The zero-order valence-corrected chi connectivity index (χ0v) is 11.8. The molecule has 108 valence electrons. The number of aromatic carboxylic acids is 1. The van der Waals surface area contributed by atoms with E-state index in [1.807, 2.05) is 6.08 Å². The number of unbranched alkanes of at least 4 members (excludes halogenated alkanes) is 1. The Kier molecular flexibility index (Phi) is 5.77. The Hall–Kier alpha value is -2.30. The van der Waals surface area contributed by atoms with Gasteiger partial charge in [-0.3, -0.25) is 0 Å². The molecule has 2 N–H and O–H groups in total. The summed E-state index contributed by atoms with van der Waals surface area (Å²) in [6, 6.07) is 4.57. The lowest BCUT2D eigenvalue weighted by Gasteiger charge is -2.19. The molecule has 0 saturated heterocycles. The molecule has 0 spiro atoms. The molecule has 2 amide bonds. The monoisotopic (exact) mass is 276 g/mol. The number of amides is 2. The van der Waals surface area contributed by atoms with Crippen molar-refractivity contribution >= 4 is 17.7 Å². The number of carboxylic acid groups (broad SMARTS) is 1. The SMILES string of the molecule is C=CCCCN(C)C(=O)Nc1cccc(C(=O)O)c1C. The second-order valence-electron chi connectivity index (χ2n) is 4.57. The van der Waals surface area contributed by atoms with Crippen LogP contribution in [0, 0.1) is 6.92 Å². The van der Waals surface area contributed by atoms with Gasteiger partial charge in [-0.25, -0.2) is 9.59 Å². The number of hydrogen-bond acceptors (Lipinski definition) is 2. The number of urea groups is 1. The van der Waals surface area contributed by atoms with E-state index in [4.69, 9.17) is 5.11 Å². The lowest BCUT2D eigenvalue weighted by molar-refractivity contribution is 0.0696. The van der Waals surface area contributed by atoms with Gasteiger partial charge < -0.3 is 15.3 Å². The van der Waals surface area contributed by atoms with Crippen molar-refractivity contribution in [2.45, 2.75) is 19.8 Å². The molecular weight excluding hydrogens is 256 g/mol. The van der Waals surface area contributed by atoms with Gasteiger partial charge in [0, 0.05) is 19.3 Å². The van der Waals surface area contributed by atoms with Crippen molar-refractivity contribution in [3.8, 4) is 0 Å². The van der Waals surface area contributed by atoms with Crippen LogP contribution in [0.4, 0.5) is 10.5 Å². The topological polar surface area (TPSA) is 69.6 Å². The number of nitrogens with zero attached hydrogens (tertiary/aromatic N) is 1. The largest absolute Gasteiger partial charge is 0.478 e. The number of carbonyl (C=O) groups is 2. The van der Waals surface area contributed by atoms with Crippen LogP contribution in [0.25, 0.3) is 0 Å². The van der Waals surface area contributed by atoms with Crippen LogP contribution in [0.2, 0.25) is 0 Å². The Morgan fingerprint density at radius 3 is 2.75 bits per heavy atom. The number of rotatable bonds is 6. The maximum atomic E-state index is 12.0. The molecule has 0 heterocycles. The van der Waals surface area contributed by atoms with Crippen LogP contribution >= 0.6 is 0 Å². The molecule has 5 nitrogen and oxygen atoms in total. The predicted molar refractivity (Wildman–Crippen MR) is 79.2 cm³/mol. The van der Waals surface area contributed by atoms with E-state index >= 15 is 0 Å². The van der Waals surface area contributed by atoms with Gasteiger partial charge in [0.1, 0.15) is 0 Å². The van der Waals surface area contributed by atoms with Crippen molar-refractivity contribution in [1.29, 1.82) is 0 Å². The average molecular weight is 276 g/mol. The van der Waals surface area contributed by atoms with E-state index in [2.05, 4.69) is 11.9 Å². The number of carbonyl (C=O) groups excluding carboxylic acids is 1. The Morgan fingerprint density at radius 1 is 1.45 bits per heavy atom. The van der Waals surface area contributed by atoms with E-state index in [-0.39, 0.29) is 11.6 Å². The minimum absolute atomic E-state index is 0.192. The summed E-state index contributed by atoms with van der Waals surface area (Å²) < 4.78 is 0. The first-order valence-corrected chi connectivity index (χ1v) is 6.43. The Labute approximate surface area is 118 Å². The Morgan fingerprint density at radius 2 is 2.15 bits per heavy atom. The molecule has 0 saturated carbocycles. The van der Waals surface area contributed by atoms with Gasteiger partial charge in [0.2, 0.25) is 0 Å². The smallest absolute Gasteiger partial charge is 0.336 e. The Balaban J connectivity index is 2.73. The quantitative estimate of drug-likeness (QED) is 0.619. The van der Waals surface area contributed by atoms with Gasteiger partial charge in [0.15, 0.2) is 0 Å². The molecule has 0 atom stereocenters. The molecule has 0 fully saturated rings. The van der Waals surface area contributed by atoms with E-state index < -0.39 is 5.97 Å². The van der Waals surface area contributed by atoms with Gasteiger partial charge in [-0.15, -0.1) is 6.58 Å². The first-order chi connectivity index (χ1) is 9.47. The summed E-state index contributed by atoms with van der Waals surface area (Å²) in [6.07, 6.45) is 3.51. The molecule has 1 aromatic carbocycles. The van der Waals surface area contributed by atoms with Crippen molar-refractivity contribution in [2.24, 2.45) is 0 Å². The number of anilines is 1. The highest BCUT2D eigenvalue weighted by molar-refractivity contribution is 5.95. The molecule has 0 aromatic heterocycles. The van der Waals surface area contributed by atoms with E-state index in [0.29, 0.717) is 17.8 Å². The average Bonchev–Trinajstić information content (AvgIpc) is 2.40. The van der Waals surface area contributed by atoms with Crippen LogP contribution in [-0.2, 0) is 0 Å². The van der Waals surface area contributed by atoms with Crippen molar-refractivity contribution < 1.29 is 14.7 Å². The number of hydrogen-bond donors (Lipinski definition) is 2. The van der Waals surface area contributed by atoms with Crippen LogP contribution in [-0.4, -0.2) is 35.6 Å². The molecule has 20 heavy (non-hydrogen) atoms. The summed E-state index contributed by atoms with van der Waals surface area (Å²) in [7, 11) is 1.70. The number of carboxylic acids is 1. The lowest BCUT2D eigenvalue weighted by atomic mass is 10.1. The summed E-state index contributed by atoms with van der Waals surface area (Å²) >= 11 is 0. The molecule has 0 radical (unpaired) electrons. The molecule has 0 aliphatic heterocycles. The van der Waals surface area contributed by atoms with Crippen LogP contribution in [0.1, 0.15) is 28.8 Å². The minimum atomic E-state index is -1.00. The second-order valence-corrected chi connectivity index (χ2v) is 4.57. The molecule has 0 unspecified atom stereocenters. The van der Waals surface area contributed by atoms with E-state index in [1.54, 1.807) is 31.0 Å². The van der Waals surface area contributed by atoms with Crippen molar-refractivity contribution in [3.05, 3.63) is 42.0 Å². The zero-order valence-electron chi connectivity index (χ0n) is 11.8. The van der Waals surface area contributed by atoms with E-state index in [1.165, 1.54) is 6.07 Å². The molecule has 0 aliphatic rings. The van der Waals surface area contributed by atoms with Gasteiger partial charge in [-0.05, 0) is 37.5 Å². The summed E-state index contributed by atoms with van der Waals surface area (Å²) in [5.74, 6) is -1.00. The maximum Gasteiger partial charge on any atom is 0.336 e. The second kappa shape index (κ2) is 7.33. The lowest BCUT2D eigenvalue weighted by Crippen LogP contribution is -2.32. The first-order valence-electron chi connectivity index (χ1n) is 6.43. The van der Waals surface area contributed by atoms with Gasteiger partial charge in [-0.1, -0.05) is 12.1 Å². The highest BCUT2D eigenvalue weighted by Gasteiger charge is 2.13. The van der Waals surface area contributed by atoms with Gasteiger partial charge >= 0.3 is 12.0 Å². The summed E-state index contributed by atoms with van der Waals surface area (Å²) in [6.45, 7) is 5.93. The fraction of sp³-hybridized carbons (Fsp3) is 0.333. The zero-order chi connectivity index (χ0) is 15.1. The highest BCUT2D eigenvalue weighted by atomic mass is 16.4. The molecule has 1 aromatic rings. The third-order valence-electron chi connectivity index (χ3n) is 3.05. The highest BCUT2D eigenvalue weighted by Crippen LogP contribution is 2.19. The van der Waals surface area contributed by atoms with Gasteiger partial charge in [0.05, 0.1) is 5.56 Å². The molecule has 0 aliphatic carbocycles. The van der Waals surface area contributed by atoms with Crippen LogP contribution in [0.15, 0.2) is 30.9 Å². The first kappa shape index (κ1) is 15.8. The molecular formula is C15H20N2O3. The van der Waals surface area contributed by atoms with Gasteiger partial charge in [-0.2, -0.15) is 0 Å². The summed E-state index contributed by atoms with van der Waals surface area (Å²) in [5, 5.41) is 11.8. The normalized spacial score (nSPS) is 9.90. The third kappa shape index (κ3) is 4.12. The van der Waals surface area contributed by atoms with Crippen LogP contribution in [0.3, 0.4) is 0 Å². The molecule has 1 rings (SSSR count). The Bertz CT molecular complexity index is 512. The standard InChI is InChI=1S/C15H20N2O3/c1-4-5-6-10-17(3)15(20)16-13-9-7-8-12(11(13)2)14(18)19/h4,7-9H,1,5-6,10H2,2-3H3,(H,16,20)(H,18,19). The summed E-state index contributed by atoms with van der Waals surface area (Å²) in [5.41, 5.74) is 1.26. The van der Waals surface area contributed by atoms with Crippen molar-refractivity contribution in [3.63, 3.8) is 0 Å².